The van der Waals surface area contributed by atoms with Crippen molar-refractivity contribution >= 4 is 40.8 Å². The van der Waals surface area contributed by atoms with Crippen LogP contribution in [0.5, 0.6) is 0 Å². The van der Waals surface area contributed by atoms with Crippen LogP contribution in [0.25, 0.3) is 10.4 Å². The highest BCUT2D eigenvalue weighted by Crippen LogP contribution is 2.42. The van der Waals surface area contributed by atoms with Gasteiger partial charge in [-0.25, -0.2) is 13.5 Å². The van der Waals surface area contributed by atoms with Gasteiger partial charge in [0.15, 0.2) is 0 Å². The molecule has 0 radical (unpaired) electrons. The van der Waals surface area contributed by atoms with Gasteiger partial charge in [-0.2, -0.15) is 0 Å². The highest BCUT2D eigenvalue weighted by atomic mass is 32.2. The Bertz CT molecular complexity index is 1210. The number of amides is 1. The van der Waals surface area contributed by atoms with Gasteiger partial charge in [-0.1, -0.05) is 61.7 Å². The summed E-state index contributed by atoms with van der Waals surface area (Å²) in [5, 5.41) is 10.0. The third-order valence-electron chi connectivity index (χ3n) is 6.79. The van der Waals surface area contributed by atoms with Crippen molar-refractivity contribution in [3.05, 3.63) is 71.4 Å². The first-order valence-corrected chi connectivity index (χ1v) is 13.5. The van der Waals surface area contributed by atoms with Crippen molar-refractivity contribution in [3.8, 4) is 10.4 Å². The zero-order chi connectivity index (χ0) is 24.4. The molecule has 1 aliphatic heterocycles. The molecule has 1 N–H and O–H groups in total. The number of rotatable bonds is 6. The van der Waals surface area contributed by atoms with Crippen LogP contribution in [-0.2, 0) is 4.79 Å². The molecule has 1 unspecified atom stereocenters. The standard InChI is InChI=1S/C27H27FN2O3S2/c28-20-13-7-8-14-23(20)35-29-16-22(18-9-3-1-4-10-18)30(25(31)17-29)21-15-24(34-26(21)27(32)33)19-11-5-2-6-12-19/h2,5-8,11-15,18,22H,1,3-4,9-10,16-17H2,(H,32,33). The lowest BCUT2D eigenvalue weighted by atomic mass is 9.82. The summed E-state index contributed by atoms with van der Waals surface area (Å²) < 4.78 is 16.3. The fraction of sp³-hybridized carbons (Fsp3) is 0.333. The van der Waals surface area contributed by atoms with Crippen molar-refractivity contribution in [2.24, 2.45) is 5.92 Å². The van der Waals surface area contributed by atoms with E-state index in [-0.39, 0.29) is 35.1 Å². The summed E-state index contributed by atoms with van der Waals surface area (Å²) in [4.78, 5) is 29.2. The molecule has 5 rings (SSSR count). The van der Waals surface area contributed by atoms with Gasteiger partial charge in [0.1, 0.15) is 10.7 Å². The van der Waals surface area contributed by atoms with E-state index in [0.29, 0.717) is 17.1 Å². The average Bonchev–Trinajstić information content (AvgIpc) is 3.32. The summed E-state index contributed by atoms with van der Waals surface area (Å²) >= 11 is 2.48. The number of carboxylic acid groups (broad SMARTS) is 1. The van der Waals surface area contributed by atoms with E-state index in [1.54, 1.807) is 23.1 Å². The zero-order valence-electron chi connectivity index (χ0n) is 19.2. The summed E-state index contributed by atoms with van der Waals surface area (Å²) in [6.07, 6.45) is 5.40. The molecular weight excluding hydrogens is 483 g/mol. The van der Waals surface area contributed by atoms with Gasteiger partial charge >= 0.3 is 5.97 Å². The Morgan fingerprint density at radius 1 is 1.03 bits per heavy atom. The number of hydrogen-bond acceptors (Lipinski definition) is 5. The summed E-state index contributed by atoms with van der Waals surface area (Å²) in [5.41, 5.74) is 1.42. The summed E-state index contributed by atoms with van der Waals surface area (Å²) in [6, 6.07) is 18.0. The maximum Gasteiger partial charge on any atom is 0.348 e. The van der Waals surface area contributed by atoms with Crippen molar-refractivity contribution in [2.75, 3.05) is 18.0 Å². The minimum Gasteiger partial charge on any atom is -0.477 e. The van der Waals surface area contributed by atoms with Crippen molar-refractivity contribution in [3.63, 3.8) is 0 Å². The van der Waals surface area contributed by atoms with E-state index in [0.717, 1.165) is 36.1 Å². The number of nitrogens with zero attached hydrogens (tertiary/aromatic N) is 2. The predicted molar refractivity (Wildman–Crippen MR) is 138 cm³/mol. The molecule has 1 saturated carbocycles. The lowest BCUT2D eigenvalue weighted by molar-refractivity contribution is -0.121. The number of thiophene rings is 1. The predicted octanol–water partition coefficient (Wildman–Crippen LogP) is 6.56. The average molecular weight is 511 g/mol. The fourth-order valence-corrected chi connectivity index (χ4v) is 7.11. The van der Waals surface area contributed by atoms with Crippen LogP contribution < -0.4 is 4.90 Å². The molecule has 0 spiro atoms. The van der Waals surface area contributed by atoms with Gasteiger partial charge in [0, 0.05) is 11.4 Å². The lowest BCUT2D eigenvalue weighted by Crippen LogP contribution is -2.58. The van der Waals surface area contributed by atoms with Crippen molar-refractivity contribution < 1.29 is 19.1 Å². The number of anilines is 1. The molecule has 3 aromatic rings. The Morgan fingerprint density at radius 2 is 1.74 bits per heavy atom. The molecular formula is C27H27FN2O3S2. The Labute approximate surface area is 212 Å². The first kappa shape index (κ1) is 24.0. The second-order valence-corrected chi connectivity index (χ2v) is 11.3. The highest BCUT2D eigenvalue weighted by molar-refractivity contribution is 7.97. The Kier molecular flexibility index (Phi) is 7.22. The van der Waals surface area contributed by atoms with Crippen molar-refractivity contribution in [2.45, 2.75) is 43.0 Å². The van der Waals surface area contributed by atoms with Crippen LogP contribution in [-0.4, -0.2) is 40.4 Å². The lowest BCUT2D eigenvalue weighted by Gasteiger charge is -2.45. The molecule has 5 nitrogen and oxygen atoms in total. The first-order chi connectivity index (χ1) is 17.0. The number of carbonyl (C=O) groups is 2. The Balaban J connectivity index is 1.51. The maximum atomic E-state index is 14.3. The minimum absolute atomic E-state index is 0.0950. The number of aromatic carboxylic acids is 1. The summed E-state index contributed by atoms with van der Waals surface area (Å²) in [7, 11) is 0. The normalized spacial score (nSPS) is 19.7. The molecule has 182 valence electrons. The minimum atomic E-state index is -1.02. The largest absolute Gasteiger partial charge is 0.477 e. The van der Waals surface area contributed by atoms with E-state index >= 15 is 0 Å². The van der Waals surface area contributed by atoms with Crippen LogP contribution in [0.2, 0.25) is 0 Å². The van der Waals surface area contributed by atoms with E-state index in [1.807, 2.05) is 40.7 Å². The van der Waals surface area contributed by atoms with E-state index in [2.05, 4.69) is 0 Å². The number of carboxylic acids is 1. The smallest absolute Gasteiger partial charge is 0.348 e. The molecule has 0 bridgehead atoms. The molecule has 2 aliphatic rings. The molecule has 2 heterocycles. The van der Waals surface area contributed by atoms with Gasteiger partial charge in [-0.15, -0.1) is 11.3 Å². The Morgan fingerprint density at radius 3 is 2.46 bits per heavy atom. The van der Waals surface area contributed by atoms with Gasteiger partial charge in [-0.05, 0) is 54.5 Å². The van der Waals surface area contributed by atoms with E-state index in [4.69, 9.17) is 0 Å². The van der Waals surface area contributed by atoms with Crippen molar-refractivity contribution in [1.29, 1.82) is 0 Å². The molecule has 35 heavy (non-hydrogen) atoms. The maximum absolute atomic E-state index is 14.3. The summed E-state index contributed by atoms with van der Waals surface area (Å²) in [5.74, 6) is -1.19. The number of benzene rings is 2. The number of carbonyl (C=O) groups excluding carboxylic acids is 1. The van der Waals surface area contributed by atoms with E-state index in [1.165, 1.54) is 35.8 Å². The van der Waals surface area contributed by atoms with Crippen LogP contribution in [0.1, 0.15) is 41.8 Å². The topological polar surface area (TPSA) is 60.9 Å². The SMILES string of the molecule is O=C(O)c1sc(-c2ccccc2)cc1N1C(=O)CN(Sc2ccccc2F)CC1C1CCCCC1. The van der Waals surface area contributed by atoms with Crippen LogP contribution in [0.3, 0.4) is 0 Å². The molecule has 2 aromatic carbocycles. The first-order valence-electron chi connectivity index (χ1n) is 11.9. The van der Waals surface area contributed by atoms with E-state index in [9.17, 15) is 19.1 Å². The zero-order valence-corrected chi connectivity index (χ0v) is 20.9. The monoisotopic (exact) mass is 510 g/mol. The highest BCUT2D eigenvalue weighted by Gasteiger charge is 2.41. The quantitative estimate of drug-likeness (QED) is 0.381. The Hall–Kier alpha value is -2.68. The van der Waals surface area contributed by atoms with Crippen LogP contribution in [0, 0.1) is 11.7 Å². The van der Waals surface area contributed by atoms with Gasteiger partial charge < -0.3 is 10.0 Å². The number of piperazine rings is 1. The van der Waals surface area contributed by atoms with Gasteiger partial charge in [-0.3, -0.25) is 4.79 Å². The van der Waals surface area contributed by atoms with Gasteiger partial charge in [0.05, 0.1) is 23.2 Å². The van der Waals surface area contributed by atoms with Gasteiger partial charge in [0.2, 0.25) is 5.91 Å². The third kappa shape index (κ3) is 5.15. The fourth-order valence-electron chi connectivity index (χ4n) is 5.14. The molecule has 1 aromatic heterocycles. The number of hydrogen-bond donors (Lipinski definition) is 1. The molecule has 1 aliphatic carbocycles. The molecule has 1 atom stereocenters. The van der Waals surface area contributed by atoms with Gasteiger partial charge in [0.25, 0.3) is 0 Å². The van der Waals surface area contributed by atoms with Crippen LogP contribution in [0.4, 0.5) is 10.1 Å². The molecule has 8 heteroatoms. The third-order valence-corrected chi connectivity index (χ3v) is 9.01. The molecule has 1 saturated heterocycles. The molecule has 1 amide bonds. The summed E-state index contributed by atoms with van der Waals surface area (Å²) in [6.45, 7) is 0.656. The van der Waals surface area contributed by atoms with Crippen LogP contribution in [0.15, 0.2) is 65.6 Å². The second-order valence-electron chi connectivity index (χ2n) is 9.07. The van der Waals surface area contributed by atoms with E-state index < -0.39 is 5.97 Å². The molecule has 2 fully saturated rings. The van der Waals surface area contributed by atoms with Crippen LogP contribution >= 0.6 is 23.3 Å². The van der Waals surface area contributed by atoms with Crippen molar-refractivity contribution in [1.82, 2.24) is 4.31 Å². The number of halogens is 1. The second kappa shape index (κ2) is 10.5.